The van der Waals surface area contributed by atoms with E-state index in [0.717, 1.165) is 4.88 Å². The smallest absolute Gasteiger partial charge is 0.333 e. The fraction of sp³-hybridized carbons (Fsp3) is 0.278. The van der Waals surface area contributed by atoms with Gasteiger partial charge in [0.1, 0.15) is 11.8 Å². The molecular formula is C18H18N2O5S. The van der Waals surface area contributed by atoms with Crippen molar-refractivity contribution in [3.8, 4) is 5.75 Å². The lowest BCUT2D eigenvalue weighted by molar-refractivity contribution is -0.162. The number of carbonyl (C=O) groups excluding carboxylic acids is 3. The molecule has 0 saturated carbocycles. The topological polar surface area (TPSA) is 95.9 Å². The van der Waals surface area contributed by atoms with E-state index in [1.54, 1.807) is 12.1 Å². The summed E-state index contributed by atoms with van der Waals surface area (Å²) in [7, 11) is 1.25. The van der Waals surface area contributed by atoms with E-state index in [0.29, 0.717) is 5.56 Å². The van der Waals surface area contributed by atoms with Gasteiger partial charge >= 0.3 is 5.97 Å². The Labute approximate surface area is 154 Å². The maximum atomic E-state index is 12.5. The zero-order chi connectivity index (χ0) is 18.7. The molecule has 2 amide bonds. The zero-order valence-electron chi connectivity index (χ0n) is 14.0. The predicted molar refractivity (Wildman–Crippen MR) is 94.5 cm³/mol. The number of β-lactam (4-membered cyclic amide) rings is 1. The second-order valence-electron chi connectivity index (χ2n) is 5.88. The maximum absolute atomic E-state index is 12.5. The van der Waals surface area contributed by atoms with Gasteiger partial charge in [-0.1, -0.05) is 18.2 Å². The molecule has 1 aliphatic rings. The van der Waals surface area contributed by atoms with Gasteiger partial charge < -0.3 is 20.1 Å². The fourth-order valence-corrected chi connectivity index (χ4v) is 3.52. The van der Waals surface area contributed by atoms with Gasteiger partial charge in [0.2, 0.25) is 11.8 Å². The van der Waals surface area contributed by atoms with Crippen LogP contribution in [0, 0.1) is 0 Å². The Hall–Kier alpha value is -2.87. The molecule has 1 aromatic heterocycles. The van der Waals surface area contributed by atoms with Crippen LogP contribution in [0.3, 0.4) is 0 Å². The molecule has 1 fully saturated rings. The monoisotopic (exact) mass is 374 g/mol. The van der Waals surface area contributed by atoms with Crippen LogP contribution in [0.4, 0.5) is 0 Å². The second kappa shape index (κ2) is 7.57. The van der Waals surface area contributed by atoms with Crippen LogP contribution in [0.1, 0.15) is 16.5 Å². The number of thiophene rings is 1. The molecule has 136 valence electrons. The number of hydrogen-bond donors (Lipinski definition) is 2. The van der Waals surface area contributed by atoms with Crippen molar-refractivity contribution < 1.29 is 24.2 Å². The van der Waals surface area contributed by atoms with Crippen molar-refractivity contribution >= 4 is 29.1 Å². The first-order chi connectivity index (χ1) is 12.5. The van der Waals surface area contributed by atoms with Crippen LogP contribution >= 0.6 is 11.3 Å². The molecule has 3 rings (SSSR count). The first-order valence-electron chi connectivity index (χ1n) is 7.98. The molecule has 8 heteroatoms. The lowest BCUT2D eigenvalue weighted by Crippen LogP contribution is -2.65. The largest absolute Gasteiger partial charge is 0.508 e. The van der Waals surface area contributed by atoms with Crippen molar-refractivity contribution in [3.63, 3.8) is 0 Å². The zero-order valence-corrected chi connectivity index (χ0v) is 14.9. The molecule has 2 N–H and O–H groups in total. The van der Waals surface area contributed by atoms with E-state index in [4.69, 9.17) is 4.74 Å². The van der Waals surface area contributed by atoms with Crippen LogP contribution in [0.2, 0.25) is 0 Å². The minimum atomic E-state index is -0.904. The lowest BCUT2D eigenvalue weighted by Gasteiger charge is -2.42. The number of likely N-dealkylation sites (tertiary alicyclic amines) is 1. The third kappa shape index (κ3) is 3.70. The molecule has 2 heterocycles. The van der Waals surface area contributed by atoms with Crippen molar-refractivity contribution in [2.45, 2.75) is 18.5 Å². The standard InChI is InChI=1S/C18H18N2O5S/c1-25-18(24)16(11-4-6-12(21)7-5-11)20-10-14(17(20)23)19-15(22)9-13-3-2-8-26-13/h2-8,14,16,21H,9-10H2,1H3,(H,19,22). The van der Waals surface area contributed by atoms with E-state index in [1.165, 1.54) is 35.5 Å². The van der Waals surface area contributed by atoms with E-state index in [1.807, 2.05) is 17.5 Å². The van der Waals surface area contributed by atoms with E-state index in [9.17, 15) is 19.5 Å². The summed E-state index contributed by atoms with van der Waals surface area (Å²) in [5.41, 5.74) is 0.534. The van der Waals surface area contributed by atoms with Crippen LogP contribution in [0.15, 0.2) is 41.8 Å². The SMILES string of the molecule is COC(=O)C(c1ccc(O)cc1)N1CC(NC(=O)Cc2cccs2)C1=O. The first kappa shape index (κ1) is 17.9. The van der Waals surface area contributed by atoms with E-state index in [2.05, 4.69) is 5.32 Å². The molecule has 0 aliphatic carbocycles. The van der Waals surface area contributed by atoms with Gasteiger partial charge in [-0.15, -0.1) is 11.3 Å². The molecule has 0 bridgehead atoms. The summed E-state index contributed by atoms with van der Waals surface area (Å²) < 4.78 is 4.81. The fourth-order valence-electron chi connectivity index (χ4n) is 2.82. The van der Waals surface area contributed by atoms with Crippen LogP contribution in [-0.2, 0) is 25.5 Å². The lowest BCUT2D eigenvalue weighted by atomic mass is 9.98. The summed E-state index contributed by atoms with van der Waals surface area (Å²) in [5.74, 6) is -1.09. The molecule has 1 saturated heterocycles. The molecule has 0 radical (unpaired) electrons. The van der Waals surface area contributed by atoms with Crippen LogP contribution < -0.4 is 5.32 Å². The third-order valence-electron chi connectivity index (χ3n) is 4.16. The number of rotatable bonds is 6. The number of carbonyl (C=O) groups is 3. The minimum absolute atomic E-state index is 0.0611. The molecule has 26 heavy (non-hydrogen) atoms. The normalized spacial score (nSPS) is 17.3. The average Bonchev–Trinajstić information content (AvgIpc) is 3.14. The highest BCUT2D eigenvalue weighted by atomic mass is 32.1. The number of phenols is 1. The Balaban J connectivity index is 1.65. The van der Waals surface area contributed by atoms with Gasteiger partial charge in [-0.3, -0.25) is 9.59 Å². The van der Waals surface area contributed by atoms with Crippen molar-refractivity contribution in [3.05, 3.63) is 52.2 Å². The molecule has 2 unspecified atom stereocenters. The number of methoxy groups -OCH3 is 1. The molecule has 2 aromatic rings. The van der Waals surface area contributed by atoms with E-state index in [-0.39, 0.29) is 30.5 Å². The van der Waals surface area contributed by atoms with Crippen LogP contribution in [0.5, 0.6) is 5.75 Å². The summed E-state index contributed by atoms with van der Waals surface area (Å²) in [5, 5.41) is 14.0. The Bertz CT molecular complexity index is 803. The van der Waals surface area contributed by atoms with Gasteiger partial charge in [0.15, 0.2) is 6.04 Å². The van der Waals surface area contributed by atoms with Crippen molar-refractivity contribution in [2.24, 2.45) is 0 Å². The van der Waals surface area contributed by atoms with Crippen molar-refractivity contribution in [2.75, 3.05) is 13.7 Å². The van der Waals surface area contributed by atoms with Crippen LogP contribution in [-0.4, -0.2) is 47.5 Å². The Morgan fingerprint density at radius 2 is 2.08 bits per heavy atom. The van der Waals surface area contributed by atoms with Gasteiger partial charge in [0.25, 0.3) is 0 Å². The number of aromatic hydroxyl groups is 1. The number of esters is 1. The Kier molecular flexibility index (Phi) is 5.22. The molecule has 7 nitrogen and oxygen atoms in total. The number of nitrogens with zero attached hydrogens (tertiary/aromatic N) is 1. The number of amides is 2. The third-order valence-corrected chi connectivity index (χ3v) is 5.03. The van der Waals surface area contributed by atoms with Gasteiger partial charge in [-0.2, -0.15) is 0 Å². The highest BCUT2D eigenvalue weighted by Gasteiger charge is 2.45. The second-order valence-corrected chi connectivity index (χ2v) is 6.92. The Morgan fingerprint density at radius 1 is 1.35 bits per heavy atom. The number of benzene rings is 1. The number of hydrogen-bond acceptors (Lipinski definition) is 6. The van der Waals surface area contributed by atoms with Gasteiger partial charge in [0, 0.05) is 4.88 Å². The average molecular weight is 374 g/mol. The first-order valence-corrected chi connectivity index (χ1v) is 8.86. The van der Waals surface area contributed by atoms with Crippen LogP contribution in [0.25, 0.3) is 0 Å². The molecule has 0 spiro atoms. The molecular weight excluding hydrogens is 356 g/mol. The quantitative estimate of drug-likeness (QED) is 0.586. The number of nitrogens with one attached hydrogen (secondary N) is 1. The number of phenolic OH excluding ortho intramolecular Hbond substituents is 1. The number of ether oxygens (including phenoxy) is 1. The molecule has 1 aromatic carbocycles. The van der Waals surface area contributed by atoms with Gasteiger partial charge in [0.05, 0.1) is 20.1 Å². The van der Waals surface area contributed by atoms with E-state index >= 15 is 0 Å². The van der Waals surface area contributed by atoms with Gasteiger partial charge in [-0.05, 0) is 29.1 Å². The van der Waals surface area contributed by atoms with E-state index < -0.39 is 18.1 Å². The summed E-state index contributed by atoms with van der Waals surface area (Å²) >= 11 is 1.48. The Morgan fingerprint density at radius 3 is 2.65 bits per heavy atom. The molecule has 1 aliphatic heterocycles. The summed E-state index contributed by atoms with van der Waals surface area (Å²) in [6, 6.07) is 8.18. The summed E-state index contributed by atoms with van der Waals surface area (Å²) in [4.78, 5) is 38.9. The molecule has 2 atom stereocenters. The van der Waals surface area contributed by atoms with Crippen molar-refractivity contribution in [1.29, 1.82) is 0 Å². The van der Waals surface area contributed by atoms with Crippen molar-refractivity contribution in [1.82, 2.24) is 10.2 Å². The summed E-state index contributed by atoms with van der Waals surface area (Å²) in [6.45, 7) is 0.218. The predicted octanol–water partition coefficient (Wildman–Crippen LogP) is 1.24. The highest BCUT2D eigenvalue weighted by molar-refractivity contribution is 7.10. The maximum Gasteiger partial charge on any atom is 0.333 e. The minimum Gasteiger partial charge on any atom is -0.508 e. The highest BCUT2D eigenvalue weighted by Crippen LogP contribution is 2.29. The van der Waals surface area contributed by atoms with Gasteiger partial charge in [-0.25, -0.2) is 4.79 Å². The summed E-state index contributed by atoms with van der Waals surface area (Å²) in [6.07, 6.45) is 0.222.